The Morgan fingerprint density at radius 1 is 1.09 bits per heavy atom. The van der Waals surface area contributed by atoms with Gasteiger partial charge < -0.3 is 24.1 Å². The number of furan rings is 1. The summed E-state index contributed by atoms with van der Waals surface area (Å²) in [5.74, 6) is -0.126. The van der Waals surface area contributed by atoms with Crippen molar-refractivity contribution in [1.29, 1.82) is 0 Å². The largest absolute Gasteiger partial charge is 0.454 e. The Morgan fingerprint density at radius 2 is 1.89 bits per heavy atom. The molecule has 7 nitrogen and oxygen atoms in total. The summed E-state index contributed by atoms with van der Waals surface area (Å²) in [5, 5.41) is 2.93. The van der Waals surface area contributed by atoms with Crippen molar-refractivity contribution >= 4 is 11.8 Å². The molecule has 0 unspecified atom stereocenters. The first-order valence-corrected chi connectivity index (χ1v) is 12.3. The highest BCUT2D eigenvalue weighted by Crippen LogP contribution is 2.17. The molecule has 1 aliphatic heterocycles. The van der Waals surface area contributed by atoms with E-state index in [1.165, 1.54) is 25.0 Å². The van der Waals surface area contributed by atoms with Crippen LogP contribution in [0.2, 0.25) is 0 Å². The van der Waals surface area contributed by atoms with Crippen LogP contribution in [-0.4, -0.2) is 58.9 Å². The summed E-state index contributed by atoms with van der Waals surface area (Å²) < 4.78 is 22.0. The molecule has 1 aromatic carbocycles. The predicted molar refractivity (Wildman–Crippen MR) is 132 cm³/mol. The maximum atomic E-state index is 14.2. The van der Waals surface area contributed by atoms with Gasteiger partial charge in [-0.15, -0.1) is 0 Å². The van der Waals surface area contributed by atoms with Gasteiger partial charge in [0, 0.05) is 31.5 Å². The molecule has 8 heteroatoms. The maximum absolute atomic E-state index is 14.2. The monoisotopic (exact) mass is 480 g/mol. The zero-order valence-corrected chi connectivity index (χ0v) is 20.2. The molecule has 3 aromatic rings. The van der Waals surface area contributed by atoms with Gasteiger partial charge in [-0.25, -0.2) is 4.39 Å². The molecule has 0 spiro atoms. The van der Waals surface area contributed by atoms with Gasteiger partial charge in [-0.3, -0.25) is 9.59 Å². The van der Waals surface area contributed by atoms with Gasteiger partial charge in [0.25, 0.3) is 11.8 Å². The Hall–Kier alpha value is -3.39. The third-order valence-corrected chi connectivity index (χ3v) is 6.29. The van der Waals surface area contributed by atoms with Gasteiger partial charge in [0.2, 0.25) is 0 Å². The van der Waals surface area contributed by atoms with Crippen molar-refractivity contribution in [1.82, 2.24) is 19.7 Å². The van der Waals surface area contributed by atoms with Crippen molar-refractivity contribution in [3.63, 3.8) is 0 Å². The van der Waals surface area contributed by atoms with Crippen LogP contribution in [0.5, 0.6) is 0 Å². The van der Waals surface area contributed by atoms with Crippen molar-refractivity contribution in [2.24, 2.45) is 0 Å². The summed E-state index contributed by atoms with van der Waals surface area (Å²) >= 11 is 0. The van der Waals surface area contributed by atoms with Gasteiger partial charge in [0.05, 0.1) is 18.7 Å². The number of hydrogen-bond acceptors (Lipinski definition) is 4. The Bertz CT molecular complexity index is 1130. The third kappa shape index (κ3) is 6.39. The number of benzene rings is 1. The molecule has 1 aliphatic rings. The minimum atomic E-state index is -0.518. The zero-order chi connectivity index (χ0) is 24.6. The Morgan fingerprint density at radius 3 is 2.66 bits per heavy atom. The van der Waals surface area contributed by atoms with Crippen LogP contribution in [-0.2, 0) is 13.1 Å². The van der Waals surface area contributed by atoms with Crippen LogP contribution in [0.4, 0.5) is 4.39 Å². The quantitative estimate of drug-likeness (QED) is 0.448. The number of carbonyl (C=O) groups excluding carboxylic acids is 2. The van der Waals surface area contributed by atoms with E-state index in [-0.39, 0.29) is 23.1 Å². The molecule has 0 saturated carbocycles. The lowest BCUT2D eigenvalue weighted by molar-refractivity contribution is 0.0734. The smallest absolute Gasteiger partial charge is 0.287 e. The highest BCUT2D eigenvalue weighted by atomic mass is 19.1. The van der Waals surface area contributed by atoms with Crippen LogP contribution < -0.4 is 5.32 Å². The van der Waals surface area contributed by atoms with Crippen LogP contribution in [0.1, 0.15) is 58.6 Å². The Balaban J connectivity index is 1.37. The molecule has 0 bridgehead atoms. The summed E-state index contributed by atoms with van der Waals surface area (Å²) in [5.41, 5.74) is 0.974. The van der Waals surface area contributed by atoms with Gasteiger partial charge in [-0.2, -0.15) is 0 Å². The number of hydrogen-bond donors (Lipinski definition) is 1. The maximum Gasteiger partial charge on any atom is 0.287 e. The summed E-state index contributed by atoms with van der Waals surface area (Å²) in [6.45, 7) is 6.92. The highest BCUT2D eigenvalue weighted by Gasteiger charge is 2.20. The Labute approximate surface area is 205 Å². The number of halogens is 1. The van der Waals surface area contributed by atoms with E-state index in [2.05, 4.69) is 10.2 Å². The molecule has 35 heavy (non-hydrogen) atoms. The Kier molecular flexibility index (Phi) is 8.36. The van der Waals surface area contributed by atoms with Crippen molar-refractivity contribution in [3.8, 4) is 0 Å². The fourth-order valence-electron chi connectivity index (χ4n) is 4.44. The standard InChI is InChI=1S/C27H33FN4O3/c1-2-14-32(27(34)23-9-3-4-10-24(23)28)19-21-8-7-17-31(21)20-22-11-12-25(35-22)26(33)29-13-18-30-15-5-6-16-30/h3-4,7-12,17H,2,5-6,13-16,18-20H2,1H3,(H,29,33). The molecule has 2 aromatic heterocycles. The average molecular weight is 481 g/mol. The van der Waals surface area contributed by atoms with E-state index in [0.717, 1.165) is 31.7 Å². The number of nitrogens with one attached hydrogen (secondary N) is 1. The fraction of sp³-hybridized carbons (Fsp3) is 0.407. The first kappa shape index (κ1) is 24.7. The van der Waals surface area contributed by atoms with Crippen molar-refractivity contribution in [3.05, 3.63) is 83.3 Å². The molecule has 3 heterocycles. The third-order valence-electron chi connectivity index (χ3n) is 6.29. The normalized spacial score (nSPS) is 13.8. The molecule has 4 rings (SSSR count). The molecule has 186 valence electrons. The number of carbonyl (C=O) groups is 2. The molecule has 1 N–H and O–H groups in total. The second kappa shape index (κ2) is 11.8. The molecule has 2 amide bonds. The van der Waals surface area contributed by atoms with E-state index in [0.29, 0.717) is 31.9 Å². The SMILES string of the molecule is CCCN(Cc1cccn1Cc1ccc(C(=O)NCCN2CCCC2)o1)C(=O)c1ccccc1F. The first-order valence-electron chi connectivity index (χ1n) is 12.3. The lowest BCUT2D eigenvalue weighted by Gasteiger charge is -2.23. The number of nitrogens with zero attached hydrogens (tertiary/aromatic N) is 3. The average Bonchev–Trinajstić information content (AvgIpc) is 3.62. The van der Waals surface area contributed by atoms with E-state index in [9.17, 15) is 14.0 Å². The molecular formula is C27H33FN4O3. The van der Waals surface area contributed by atoms with Crippen LogP contribution in [0.25, 0.3) is 0 Å². The minimum absolute atomic E-state index is 0.0745. The van der Waals surface area contributed by atoms with Crippen molar-refractivity contribution in [2.75, 3.05) is 32.7 Å². The second-order valence-electron chi connectivity index (χ2n) is 8.90. The van der Waals surface area contributed by atoms with Gasteiger partial charge >= 0.3 is 0 Å². The number of aromatic nitrogens is 1. The molecule has 0 atom stereocenters. The topological polar surface area (TPSA) is 70.7 Å². The second-order valence-corrected chi connectivity index (χ2v) is 8.90. The van der Waals surface area contributed by atoms with E-state index >= 15 is 0 Å². The molecule has 0 radical (unpaired) electrons. The van der Waals surface area contributed by atoms with Crippen LogP contribution in [0.15, 0.2) is 59.1 Å². The van der Waals surface area contributed by atoms with E-state index in [1.807, 2.05) is 29.8 Å². The van der Waals surface area contributed by atoms with Gasteiger partial charge in [0.1, 0.15) is 11.6 Å². The number of amides is 2. The van der Waals surface area contributed by atoms with Crippen molar-refractivity contribution < 1.29 is 18.4 Å². The zero-order valence-electron chi connectivity index (χ0n) is 20.2. The summed E-state index contributed by atoms with van der Waals surface area (Å²) in [7, 11) is 0. The molecule has 1 saturated heterocycles. The molecular weight excluding hydrogens is 447 g/mol. The van der Waals surface area contributed by atoms with Crippen LogP contribution >= 0.6 is 0 Å². The van der Waals surface area contributed by atoms with E-state index in [4.69, 9.17) is 4.42 Å². The first-order chi connectivity index (χ1) is 17.0. The predicted octanol–water partition coefficient (Wildman–Crippen LogP) is 4.15. The van der Waals surface area contributed by atoms with Gasteiger partial charge in [-0.05, 0) is 68.8 Å². The minimum Gasteiger partial charge on any atom is -0.454 e. The summed E-state index contributed by atoms with van der Waals surface area (Å²) in [4.78, 5) is 29.5. The fourth-order valence-corrected chi connectivity index (χ4v) is 4.44. The van der Waals surface area contributed by atoms with E-state index < -0.39 is 5.82 Å². The van der Waals surface area contributed by atoms with Crippen LogP contribution in [0.3, 0.4) is 0 Å². The lowest BCUT2D eigenvalue weighted by atomic mass is 10.1. The summed E-state index contributed by atoms with van der Waals surface area (Å²) in [6.07, 6.45) is 5.12. The van der Waals surface area contributed by atoms with E-state index in [1.54, 1.807) is 29.2 Å². The lowest BCUT2D eigenvalue weighted by Crippen LogP contribution is -2.33. The van der Waals surface area contributed by atoms with Crippen molar-refractivity contribution in [2.45, 2.75) is 39.3 Å². The summed E-state index contributed by atoms with van der Waals surface area (Å²) in [6, 6.07) is 13.4. The van der Waals surface area contributed by atoms with Gasteiger partial charge in [-0.1, -0.05) is 19.1 Å². The molecule has 0 aliphatic carbocycles. The molecule has 1 fully saturated rings. The highest BCUT2D eigenvalue weighted by molar-refractivity contribution is 5.94. The van der Waals surface area contributed by atoms with Gasteiger partial charge in [0.15, 0.2) is 5.76 Å². The van der Waals surface area contributed by atoms with Crippen LogP contribution in [0, 0.1) is 5.82 Å². The number of likely N-dealkylation sites (tertiary alicyclic amines) is 1. The number of rotatable bonds is 11.